The second-order valence-corrected chi connectivity index (χ2v) is 5.06. The molecule has 1 aromatic rings. The van der Waals surface area contributed by atoms with Gasteiger partial charge in [0.2, 0.25) is 5.91 Å². The summed E-state index contributed by atoms with van der Waals surface area (Å²) in [4.78, 5) is 24.9. The van der Waals surface area contributed by atoms with E-state index >= 15 is 0 Å². The highest BCUT2D eigenvalue weighted by Crippen LogP contribution is 2.18. The van der Waals surface area contributed by atoms with E-state index in [1.165, 1.54) is 4.90 Å². The van der Waals surface area contributed by atoms with Crippen molar-refractivity contribution in [3.63, 3.8) is 0 Å². The highest BCUT2D eigenvalue weighted by Gasteiger charge is 2.24. The maximum absolute atomic E-state index is 13.4. The molecule has 1 saturated carbocycles. The maximum atomic E-state index is 13.4. The number of ketones is 1. The molecule has 1 amide bonds. The number of carbonyl (C=O) groups excluding carboxylic acids is 2. The van der Waals surface area contributed by atoms with Gasteiger partial charge in [-0.05, 0) is 38.1 Å². The van der Waals surface area contributed by atoms with Crippen molar-refractivity contribution in [3.8, 4) is 0 Å². The van der Waals surface area contributed by atoms with Crippen molar-refractivity contribution in [2.45, 2.75) is 18.9 Å². The fraction of sp³-hybridized carbons (Fsp3) is 0.429. The molecule has 0 radical (unpaired) electrons. The van der Waals surface area contributed by atoms with Crippen LogP contribution < -0.4 is 5.32 Å². The number of nitrogens with one attached hydrogen (secondary N) is 1. The monoisotopic (exact) mass is 282 g/mol. The van der Waals surface area contributed by atoms with Gasteiger partial charge in [0.1, 0.15) is 11.6 Å². The van der Waals surface area contributed by atoms with E-state index in [2.05, 4.69) is 5.32 Å². The van der Waals surface area contributed by atoms with Crippen molar-refractivity contribution in [2.24, 2.45) is 0 Å². The SMILES string of the molecule is CN(CC(=O)NC1CC1)CC(=O)c1cc(F)ccc1F. The molecule has 4 nitrogen and oxygen atoms in total. The minimum atomic E-state index is -0.757. The topological polar surface area (TPSA) is 49.4 Å². The molecule has 0 bridgehead atoms. The van der Waals surface area contributed by atoms with Crippen LogP contribution in [0, 0.1) is 11.6 Å². The Morgan fingerprint density at radius 1 is 1.30 bits per heavy atom. The Morgan fingerprint density at radius 3 is 2.65 bits per heavy atom. The van der Waals surface area contributed by atoms with Crippen LogP contribution >= 0.6 is 0 Å². The third-order valence-electron chi connectivity index (χ3n) is 3.00. The molecule has 0 heterocycles. The van der Waals surface area contributed by atoms with Crippen LogP contribution in [0.5, 0.6) is 0 Å². The van der Waals surface area contributed by atoms with E-state index in [0.29, 0.717) is 0 Å². The molecule has 6 heteroatoms. The number of amides is 1. The first-order valence-corrected chi connectivity index (χ1v) is 6.42. The van der Waals surface area contributed by atoms with Gasteiger partial charge in [0.25, 0.3) is 0 Å². The molecule has 0 saturated heterocycles. The van der Waals surface area contributed by atoms with Crippen molar-refractivity contribution in [2.75, 3.05) is 20.1 Å². The Kier molecular flexibility index (Phi) is 4.44. The standard InChI is InChI=1S/C14H16F2N2O2/c1-18(8-14(20)17-10-3-4-10)7-13(19)11-6-9(15)2-5-12(11)16/h2,5-6,10H,3-4,7-8H2,1H3,(H,17,20). The molecule has 0 aromatic heterocycles. The van der Waals surface area contributed by atoms with Crippen molar-refractivity contribution in [1.29, 1.82) is 0 Å². The van der Waals surface area contributed by atoms with Crippen LogP contribution in [0.1, 0.15) is 23.2 Å². The molecular weight excluding hydrogens is 266 g/mol. The molecule has 2 rings (SSSR count). The quantitative estimate of drug-likeness (QED) is 0.801. The summed E-state index contributed by atoms with van der Waals surface area (Å²) in [7, 11) is 1.58. The Bertz CT molecular complexity index is 530. The number of carbonyl (C=O) groups is 2. The summed E-state index contributed by atoms with van der Waals surface area (Å²) in [6.07, 6.45) is 1.98. The predicted molar refractivity (Wildman–Crippen MR) is 69.4 cm³/mol. The molecule has 0 aliphatic heterocycles. The highest BCUT2D eigenvalue weighted by molar-refractivity contribution is 5.98. The second-order valence-electron chi connectivity index (χ2n) is 5.06. The summed E-state index contributed by atoms with van der Waals surface area (Å²) in [5.41, 5.74) is -0.292. The highest BCUT2D eigenvalue weighted by atomic mass is 19.1. The number of hydrogen-bond donors (Lipinski definition) is 1. The van der Waals surface area contributed by atoms with Crippen LogP contribution in [0.2, 0.25) is 0 Å². The largest absolute Gasteiger partial charge is 0.352 e. The third-order valence-corrected chi connectivity index (χ3v) is 3.00. The minimum Gasteiger partial charge on any atom is -0.352 e. The van der Waals surface area contributed by atoms with Gasteiger partial charge >= 0.3 is 0 Å². The van der Waals surface area contributed by atoms with E-state index in [1.54, 1.807) is 7.05 Å². The molecule has 1 aromatic carbocycles. The first-order chi connectivity index (χ1) is 9.45. The van der Waals surface area contributed by atoms with Gasteiger partial charge in [-0.25, -0.2) is 8.78 Å². The molecule has 1 N–H and O–H groups in total. The zero-order valence-electron chi connectivity index (χ0n) is 11.2. The van der Waals surface area contributed by atoms with Crippen LogP contribution in [0.4, 0.5) is 8.78 Å². The van der Waals surface area contributed by atoms with Gasteiger partial charge in [-0.2, -0.15) is 0 Å². The Balaban J connectivity index is 1.89. The Hall–Kier alpha value is -1.82. The number of rotatable bonds is 6. The van der Waals surface area contributed by atoms with Gasteiger partial charge in [0.05, 0.1) is 18.7 Å². The normalized spacial score (nSPS) is 14.4. The molecule has 0 spiro atoms. The molecule has 0 atom stereocenters. The summed E-state index contributed by atoms with van der Waals surface area (Å²) in [5.74, 6) is -2.14. The number of hydrogen-bond acceptors (Lipinski definition) is 3. The van der Waals surface area contributed by atoms with Crippen LogP contribution in [-0.2, 0) is 4.79 Å². The molecular formula is C14H16F2N2O2. The van der Waals surface area contributed by atoms with Gasteiger partial charge in [0.15, 0.2) is 5.78 Å². The number of nitrogens with zero attached hydrogens (tertiary/aromatic N) is 1. The van der Waals surface area contributed by atoms with Crippen molar-refractivity contribution >= 4 is 11.7 Å². The Morgan fingerprint density at radius 2 is 2.00 bits per heavy atom. The van der Waals surface area contributed by atoms with Crippen molar-refractivity contribution in [3.05, 3.63) is 35.4 Å². The van der Waals surface area contributed by atoms with E-state index in [0.717, 1.165) is 31.0 Å². The zero-order valence-corrected chi connectivity index (χ0v) is 11.2. The summed E-state index contributed by atoms with van der Waals surface area (Å²) in [6.45, 7) is -0.0857. The summed E-state index contributed by atoms with van der Waals surface area (Å²) < 4.78 is 26.4. The Labute approximate surface area is 115 Å². The van der Waals surface area contributed by atoms with Crippen LogP contribution in [0.15, 0.2) is 18.2 Å². The number of benzene rings is 1. The fourth-order valence-electron chi connectivity index (χ4n) is 1.84. The lowest BCUT2D eigenvalue weighted by Crippen LogP contribution is -2.38. The summed E-state index contributed by atoms with van der Waals surface area (Å²) >= 11 is 0. The van der Waals surface area contributed by atoms with Crippen LogP contribution in [-0.4, -0.2) is 42.8 Å². The third kappa shape index (κ3) is 4.09. The second kappa shape index (κ2) is 6.09. The summed E-state index contributed by atoms with van der Waals surface area (Å²) in [6, 6.07) is 3.00. The predicted octanol–water partition coefficient (Wildman–Crippen LogP) is 1.36. The van der Waals surface area contributed by atoms with Gasteiger partial charge < -0.3 is 5.32 Å². The van der Waals surface area contributed by atoms with Crippen LogP contribution in [0.3, 0.4) is 0 Å². The lowest BCUT2D eigenvalue weighted by atomic mass is 10.1. The van der Waals surface area contributed by atoms with E-state index in [1.807, 2.05) is 0 Å². The number of likely N-dealkylation sites (N-methyl/N-ethyl adjacent to an activating group) is 1. The van der Waals surface area contributed by atoms with E-state index in [-0.39, 0.29) is 30.6 Å². The smallest absolute Gasteiger partial charge is 0.234 e. The molecule has 1 fully saturated rings. The van der Waals surface area contributed by atoms with Crippen LogP contribution in [0.25, 0.3) is 0 Å². The van der Waals surface area contributed by atoms with Gasteiger partial charge in [0, 0.05) is 6.04 Å². The minimum absolute atomic E-state index is 0.0547. The zero-order chi connectivity index (χ0) is 14.7. The van der Waals surface area contributed by atoms with Crippen molar-refractivity contribution in [1.82, 2.24) is 10.2 Å². The molecule has 108 valence electrons. The van der Waals surface area contributed by atoms with Crippen molar-refractivity contribution < 1.29 is 18.4 Å². The number of Topliss-reactive ketones (excluding diaryl/α,β-unsaturated/α-hetero) is 1. The first kappa shape index (κ1) is 14.6. The van der Waals surface area contributed by atoms with Gasteiger partial charge in [-0.3, -0.25) is 14.5 Å². The lowest BCUT2D eigenvalue weighted by Gasteiger charge is -2.15. The van der Waals surface area contributed by atoms with E-state index < -0.39 is 17.4 Å². The van der Waals surface area contributed by atoms with Gasteiger partial charge in [-0.15, -0.1) is 0 Å². The number of halogens is 2. The molecule has 0 unspecified atom stereocenters. The summed E-state index contributed by atoms with van der Waals surface area (Å²) in [5, 5.41) is 2.79. The average Bonchev–Trinajstić information content (AvgIpc) is 3.15. The lowest BCUT2D eigenvalue weighted by molar-refractivity contribution is -0.121. The average molecular weight is 282 g/mol. The fourth-order valence-corrected chi connectivity index (χ4v) is 1.84. The molecule has 1 aliphatic rings. The first-order valence-electron chi connectivity index (χ1n) is 6.42. The van der Waals surface area contributed by atoms with E-state index in [4.69, 9.17) is 0 Å². The maximum Gasteiger partial charge on any atom is 0.234 e. The van der Waals surface area contributed by atoms with E-state index in [9.17, 15) is 18.4 Å². The molecule has 1 aliphatic carbocycles. The molecule has 20 heavy (non-hydrogen) atoms. The van der Waals surface area contributed by atoms with Gasteiger partial charge in [-0.1, -0.05) is 0 Å².